The minimum absolute atomic E-state index is 0.302. The van der Waals surface area contributed by atoms with E-state index in [0.717, 1.165) is 12.1 Å². The van der Waals surface area contributed by atoms with Gasteiger partial charge in [0, 0.05) is 5.56 Å². The van der Waals surface area contributed by atoms with Crippen molar-refractivity contribution in [2.45, 2.75) is 6.92 Å². The van der Waals surface area contributed by atoms with E-state index >= 15 is 0 Å². The van der Waals surface area contributed by atoms with Crippen LogP contribution in [0.2, 0.25) is 0 Å². The Morgan fingerprint density at radius 3 is 2.29 bits per heavy atom. The minimum Gasteiger partial charge on any atom is -0.399 e. The van der Waals surface area contributed by atoms with Crippen LogP contribution in [0.1, 0.15) is 12.5 Å². The summed E-state index contributed by atoms with van der Waals surface area (Å²) in [4.78, 5) is 4.48. The highest BCUT2D eigenvalue weighted by molar-refractivity contribution is 5.98. The monoisotopic (exact) mass is 200 g/mol. The lowest BCUT2D eigenvalue weighted by molar-refractivity contribution is 0.213. The molecule has 76 valence electrons. The average Bonchev–Trinajstić information content (AvgIpc) is 2.13. The quantitative estimate of drug-likeness (QED) is 0.450. The maximum atomic E-state index is 13.0. The number of nitrogens with two attached hydrogens (primary N) is 1. The predicted octanol–water partition coefficient (Wildman–Crippen LogP) is 1.92. The van der Waals surface area contributed by atoms with Gasteiger partial charge >= 0.3 is 0 Å². The van der Waals surface area contributed by atoms with Crippen molar-refractivity contribution >= 4 is 11.4 Å². The molecule has 14 heavy (non-hydrogen) atoms. The zero-order valence-corrected chi connectivity index (χ0v) is 7.84. The third kappa shape index (κ3) is 1.99. The molecule has 2 N–H and O–H groups in total. The van der Waals surface area contributed by atoms with Crippen LogP contribution in [0.4, 0.5) is 14.5 Å². The Labute approximate surface area is 80.2 Å². The summed E-state index contributed by atoms with van der Waals surface area (Å²) in [7, 11) is 1.35. The molecule has 0 aliphatic heterocycles. The van der Waals surface area contributed by atoms with Crippen LogP contribution in [0.5, 0.6) is 0 Å². The van der Waals surface area contributed by atoms with E-state index in [2.05, 4.69) is 9.99 Å². The van der Waals surface area contributed by atoms with Crippen LogP contribution in [0.25, 0.3) is 0 Å². The zero-order valence-electron chi connectivity index (χ0n) is 7.84. The topological polar surface area (TPSA) is 47.6 Å². The Hall–Kier alpha value is -1.65. The normalized spacial score (nSPS) is 11.6. The molecular weight excluding hydrogens is 190 g/mol. The first-order chi connectivity index (χ1) is 6.56. The van der Waals surface area contributed by atoms with Crippen LogP contribution in [0.3, 0.4) is 0 Å². The summed E-state index contributed by atoms with van der Waals surface area (Å²) < 4.78 is 26.0. The smallest absolute Gasteiger partial charge is 0.149 e. The van der Waals surface area contributed by atoms with Gasteiger partial charge in [0.2, 0.25) is 0 Å². The lowest BCUT2D eigenvalue weighted by Crippen LogP contribution is -2.02. The SMILES string of the molecule is CO/N=C(/C)c1cc(F)c(N)c(F)c1. The highest BCUT2D eigenvalue weighted by Crippen LogP contribution is 2.17. The van der Waals surface area contributed by atoms with E-state index in [4.69, 9.17) is 5.73 Å². The summed E-state index contributed by atoms with van der Waals surface area (Å²) in [5.41, 5.74) is 5.30. The molecule has 0 spiro atoms. The van der Waals surface area contributed by atoms with E-state index in [1.165, 1.54) is 7.11 Å². The number of anilines is 1. The van der Waals surface area contributed by atoms with Gasteiger partial charge < -0.3 is 10.6 Å². The lowest BCUT2D eigenvalue weighted by atomic mass is 10.1. The number of nitrogens with zero attached hydrogens (tertiary/aromatic N) is 1. The summed E-state index contributed by atoms with van der Waals surface area (Å²) in [5.74, 6) is -1.60. The molecule has 0 heterocycles. The molecule has 5 heteroatoms. The number of hydrogen-bond acceptors (Lipinski definition) is 3. The first kappa shape index (κ1) is 10.4. The van der Waals surface area contributed by atoms with Crippen LogP contribution in [-0.4, -0.2) is 12.8 Å². The molecule has 3 nitrogen and oxygen atoms in total. The van der Waals surface area contributed by atoms with Crippen molar-refractivity contribution in [2.24, 2.45) is 5.16 Å². The predicted molar refractivity (Wildman–Crippen MR) is 50.0 cm³/mol. The Kier molecular flexibility index (Phi) is 3.01. The average molecular weight is 200 g/mol. The third-order valence-corrected chi connectivity index (χ3v) is 1.73. The Bertz CT molecular complexity index is 354. The van der Waals surface area contributed by atoms with Crippen LogP contribution in [-0.2, 0) is 4.84 Å². The molecule has 0 radical (unpaired) electrons. The van der Waals surface area contributed by atoms with Crippen molar-refractivity contribution in [3.63, 3.8) is 0 Å². The Morgan fingerprint density at radius 2 is 1.86 bits per heavy atom. The minimum atomic E-state index is -0.800. The van der Waals surface area contributed by atoms with Crippen LogP contribution >= 0.6 is 0 Å². The maximum Gasteiger partial charge on any atom is 0.149 e. The first-order valence-electron chi connectivity index (χ1n) is 3.89. The van der Waals surface area contributed by atoms with Gasteiger partial charge in [-0.05, 0) is 19.1 Å². The van der Waals surface area contributed by atoms with Gasteiger partial charge in [0.1, 0.15) is 24.4 Å². The van der Waals surface area contributed by atoms with Crippen molar-refractivity contribution in [2.75, 3.05) is 12.8 Å². The van der Waals surface area contributed by atoms with E-state index < -0.39 is 17.3 Å². The van der Waals surface area contributed by atoms with E-state index in [0.29, 0.717) is 11.3 Å². The fourth-order valence-corrected chi connectivity index (χ4v) is 0.983. The van der Waals surface area contributed by atoms with Gasteiger partial charge in [-0.15, -0.1) is 0 Å². The molecule has 0 amide bonds. The molecule has 0 saturated carbocycles. The van der Waals surface area contributed by atoms with E-state index in [-0.39, 0.29) is 0 Å². The molecule has 0 bridgehead atoms. The van der Waals surface area contributed by atoms with E-state index in [9.17, 15) is 8.78 Å². The molecule has 0 fully saturated rings. The molecule has 0 aromatic heterocycles. The second kappa shape index (κ2) is 4.04. The maximum absolute atomic E-state index is 13.0. The first-order valence-corrected chi connectivity index (χ1v) is 3.89. The molecule has 1 aromatic carbocycles. The number of oxime groups is 1. The number of rotatable bonds is 2. The third-order valence-electron chi connectivity index (χ3n) is 1.73. The van der Waals surface area contributed by atoms with Crippen molar-refractivity contribution in [3.05, 3.63) is 29.3 Å². The van der Waals surface area contributed by atoms with Crippen molar-refractivity contribution in [1.29, 1.82) is 0 Å². The van der Waals surface area contributed by atoms with Gasteiger partial charge in [-0.25, -0.2) is 8.78 Å². The molecule has 0 aliphatic rings. The van der Waals surface area contributed by atoms with Gasteiger partial charge in [-0.2, -0.15) is 0 Å². The summed E-state index contributed by atoms with van der Waals surface area (Å²) in [6.45, 7) is 1.58. The van der Waals surface area contributed by atoms with Crippen LogP contribution in [0, 0.1) is 11.6 Å². The number of benzene rings is 1. The molecule has 0 unspecified atom stereocenters. The molecule has 0 aliphatic carbocycles. The fraction of sp³-hybridized carbons (Fsp3) is 0.222. The van der Waals surface area contributed by atoms with Crippen LogP contribution in [0.15, 0.2) is 17.3 Å². The van der Waals surface area contributed by atoms with Crippen molar-refractivity contribution in [3.8, 4) is 0 Å². The number of halogens is 2. The van der Waals surface area contributed by atoms with Gasteiger partial charge in [0.15, 0.2) is 0 Å². The standard InChI is InChI=1S/C9H10F2N2O/c1-5(13-14-2)6-3-7(10)9(12)8(11)4-6/h3-4H,12H2,1-2H3/b13-5-. The molecule has 0 saturated heterocycles. The fourth-order valence-electron chi connectivity index (χ4n) is 0.983. The largest absolute Gasteiger partial charge is 0.399 e. The summed E-state index contributed by atoms with van der Waals surface area (Å²) >= 11 is 0. The lowest BCUT2D eigenvalue weighted by Gasteiger charge is -2.03. The summed E-state index contributed by atoms with van der Waals surface area (Å²) in [5, 5.41) is 3.55. The second-order valence-corrected chi connectivity index (χ2v) is 2.71. The van der Waals surface area contributed by atoms with Gasteiger partial charge in [-0.1, -0.05) is 5.16 Å². The highest BCUT2D eigenvalue weighted by Gasteiger charge is 2.09. The summed E-state index contributed by atoms with van der Waals surface area (Å²) in [6, 6.07) is 2.21. The van der Waals surface area contributed by atoms with E-state index in [1.54, 1.807) is 6.92 Å². The second-order valence-electron chi connectivity index (χ2n) is 2.71. The highest BCUT2D eigenvalue weighted by atomic mass is 19.1. The number of nitrogen functional groups attached to an aromatic ring is 1. The molecule has 1 rings (SSSR count). The summed E-state index contributed by atoms with van der Waals surface area (Å²) in [6.07, 6.45) is 0. The Balaban J connectivity index is 3.19. The van der Waals surface area contributed by atoms with E-state index in [1.807, 2.05) is 0 Å². The van der Waals surface area contributed by atoms with Crippen molar-refractivity contribution < 1.29 is 13.6 Å². The molecule has 1 aromatic rings. The zero-order chi connectivity index (χ0) is 10.7. The molecular formula is C9H10F2N2O. The van der Waals surface area contributed by atoms with Gasteiger partial charge in [-0.3, -0.25) is 0 Å². The van der Waals surface area contributed by atoms with Gasteiger partial charge in [0.25, 0.3) is 0 Å². The van der Waals surface area contributed by atoms with Gasteiger partial charge in [0.05, 0.1) is 5.71 Å². The molecule has 0 atom stereocenters. The Morgan fingerprint density at radius 1 is 1.36 bits per heavy atom. The number of hydrogen-bond donors (Lipinski definition) is 1. The van der Waals surface area contributed by atoms with Crippen molar-refractivity contribution in [1.82, 2.24) is 0 Å². The van der Waals surface area contributed by atoms with Crippen LogP contribution < -0.4 is 5.73 Å².